The van der Waals surface area contributed by atoms with E-state index < -0.39 is 0 Å². The lowest BCUT2D eigenvalue weighted by Crippen LogP contribution is -2.46. The molecule has 2 N–H and O–H groups in total. The van der Waals surface area contributed by atoms with E-state index in [-0.39, 0.29) is 18.1 Å². The first kappa shape index (κ1) is 15.9. The number of fused-ring (bicyclic) bond motifs is 1. The van der Waals surface area contributed by atoms with Gasteiger partial charge in [-0.2, -0.15) is 0 Å². The second-order valence-electron chi connectivity index (χ2n) is 6.64. The highest BCUT2D eigenvalue weighted by Gasteiger charge is 2.34. The number of rotatable bonds is 4. The van der Waals surface area contributed by atoms with Crippen LogP contribution >= 0.6 is 0 Å². The Morgan fingerprint density at radius 3 is 2.78 bits per heavy atom. The molecule has 0 unspecified atom stereocenters. The summed E-state index contributed by atoms with van der Waals surface area (Å²) in [6.07, 6.45) is 2.25. The first-order valence-corrected chi connectivity index (χ1v) is 8.35. The summed E-state index contributed by atoms with van der Waals surface area (Å²) in [5, 5.41) is 13.6. The number of nitrogens with zero attached hydrogens (tertiary/aromatic N) is 1. The van der Waals surface area contributed by atoms with Crippen molar-refractivity contribution in [2.75, 3.05) is 0 Å². The molecule has 2 aromatic rings. The monoisotopic (exact) mass is 312 g/mol. The number of carbonyl (C=O) groups excluding carboxylic acids is 1. The van der Waals surface area contributed by atoms with Gasteiger partial charge in [-0.25, -0.2) is 0 Å². The van der Waals surface area contributed by atoms with Crippen LogP contribution in [0.1, 0.15) is 47.8 Å². The van der Waals surface area contributed by atoms with Crippen molar-refractivity contribution in [1.29, 1.82) is 0 Å². The third kappa shape index (κ3) is 3.08. The van der Waals surface area contributed by atoms with Crippen molar-refractivity contribution in [1.82, 2.24) is 10.3 Å². The van der Waals surface area contributed by atoms with Crippen LogP contribution in [0.2, 0.25) is 0 Å². The number of aliphatic hydroxyl groups is 1. The van der Waals surface area contributed by atoms with Gasteiger partial charge in [-0.3, -0.25) is 9.78 Å². The van der Waals surface area contributed by atoms with Gasteiger partial charge < -0.3 is 10.4 Å². The van der Waals surface area contributed by atoms with Crippen LogP contribution in [-0.2, 0) is 0 Å². The highest BCUT2D eigenvalue weighted by Crippen LogP contribution is 2.31. The normalized spacial score (nSPS) is 21.7. The van der Waals surface area contributed by atoms with Gasteiger partial charge in [0.05, 0.1) is 22.9 Å². The first-order valence-electron chi connectivity index (χ1n) is 8.35. The maximum Gasteiger partial charge on any atom is 0.253 e. The van der Waals surface area contributed by atoms with Crippen molar-refractivity contribution < 1.29 is 9.90 Å². The largest absolute Gasteiger partial charge is 0.393 e. The smallest absolute Gasteiger partial charge is 0.253 e. The van der Waals surface area contributed by atoms with E-state index in [0.717, 1.165) is 41.4 Å². The van der Waals surface area contributed by atoms with Gasteiger partial charge in [0.25, 0.3) is 5.91 Å². The van der Waals surface area contributed by atoms with Crippen molar-refractivity contribution in [2.24, 2.45) is 5.92 Å². The number of aromatic nitrogens is 1. The van der Waals surface area contributed by atoms with Crippen molar-refractivity contribution in [3.8, 4) is 0 Å². The Morgan fingerprint density at radius 2 is 2.13 bits per heavy atom. The number of nitrogens with one attached hydrogen (secondary N) is 1. The Kier molecular flexibility index (Phi) is 4.35. The van der Waals surface area contributed by atoms with E-state index >= 15 is 0 Å². The third-order valence-corrected chi connectivity index (χ3v) is 4.96. The van der Waals surface area contributed by atoms with Gasteiger partial charge in [0.15, 0.2) is 0 Å². The molecule has 23 heavy (non-hydrogen) atoms. The number of aryl methyl sites for hydroxylation is 2. The molecule has 4 heteroatoms. The lowest BCUT2D eigenvalue weighted by atomic mass is 9.76. The number of para-hydroxylation sites is 1. The number of benzene rings is 1. The second-order valence-corrected chi connectivity index (χ2v) is 6.64. The molecular weight excluding hydrogens is 288 g/mol. The van der Waals surface area contributed by atoms with Gasteiger partial charge in [-0.1, -0.05) is 25.1 Å². The minimum Gasteiger partial charge on any atom is -0.393 e. The third-order valence-electron chi connectivity index (χ3n) is 4.96. The molecule has 1 aromatic heterocycles. The van der Waals surface area contributed by atoms with Gasteiger partial charge in [0.1, 0.15) is 0 Å². The lowest BCUT2D eigenvalue weighted by molar-refractivity contribution is 0.0232. The molecule has 3 rings (SSSR count). The zero-order chi connectivity index (χ0) is 16.6. The fraction of sp³-hybridized carbons (Fsp3) is 0.474. The van der Waals surface area contributed by atoms with Crippen LogP contribution in [0.15, 0.2) is 24.3 Å². The standard InChI is InChI=1S/C19H24N2O2/c1-4-17(14-8-15(22)9-14)21-19(23)16-10-13-7-5-6-11(2)18(13)20-12(16)3/h5-7,10,14-15,17,22H,4,8-9H2,1-3H3,(H,21,23)/t14?,15?,17-/m0/s1. The molecule has 1 saturated carbocycles. The fourth-order valence-corrected chi connectivity index (χ4v) is 3.43. The molecule has 122 valence electrons. The Labute approximate surface area is 136 Å². The summed E-state index contributed by atoms with van der Waals surface area (Å²) in [5.41, 5.74) is 3.47. The van der Waals surface area contributed by atoms with Gasteiger partial charge >= 0.3 is 0 Å². The van der Waals surface area contributed by atoms with Gasteiger partial charge in [-0.15, -0.1) is 0 Å². The molecule has 1 aliphatic carbocycles. The van der Waals surface area contributed by atoms with E-state index in [4.69, 9.17) is 0 Å². The molecule has 1 fully saturated rings. The average Bonchev–Trinajstić information content (AvgIpc) is 2.50. The van der Waals surface area contributed by atoms with Gasteiger partial charge in [0.2, 0.25) is 0 Å². The molecule has 4 nitrogen and oxygen atoms in total. The summed E-state index contributed by atoms with van der Waals surface area (Å²) in [6.45, 7) is 5.99. The maximum absolute atomic E-state index is 12.7. The van der Waals surface area contributed by atoms with Crippen LogP contribution in [0.5, 0.6) is 0 Å². The van der Waals surface area contributed by atoms with Crippen LogP contribution in [0.4, 0.5) is 0 Å². The zero-order valence-electron chi connectivity index (χ0n) is 14.0. The van der Waals surface area contributed by atoms with E-state index in [1.165, 1.54) is 0 Å². The van der Waals surface area contributed by atoms with Crippen LogP contribution in [0.25, 0.3) is 10.9 Å². The number of hydrogen-bond donors (Lipinski definition) is 2. The Balaban J connectivity index is 1.84. The Bertz CT molecular complexity index is 735. The topological polar surface area (TPSA) is 62.2 Å². The molecule has 0 saturated heterocycles. The van der Waals surface area contributed by atoms with Crippen molar-refractivity contribution >= 4 is 16.8 Å². The summed E-state index contributed by atoms with van der Waals surface area (Å²) < 4.78 is 0. The molecule has 1 atom stereocenters. The van der Waals surface area contributed by atoms with Crippen LogP contribution < -0.4 is 5.32 Å². The lowest BCUT2D eigenvalue weighted by Gasteiger charge is -2.37. The molecule has 0 spiro atoms. The number of amides is 1. The quantitative estimate of drug-likeness (QED) is 0.912. The number of aliphatic hydroxyl groups excluding tert-OH is 1. The minimum atomic E-state index is -0.196. The second kappa shape index (κ2) is 6.28. The maximum atomic E-state index is 12.7. The van der Waals surface area contributed by atoms with E-state index in [9.17, 15) is 9.90 Å². The zero-order valence-corrected chi connectivity index (χ0v) is 14.0. The van der Waals surface area contributed by atoms with E-state index in [1.54, 1.807) is 0 Å². The number of carbonyl (C=O) groups is 1. The predicted molar refractivity (Wildman–Crippen MR) is 91.5 cm³/mol. The summed E-state index contributed by atoms with van der Waals surface area (Å²) in [6, 6.07) is 8.07. The summed E-state index contributed by atoms with van der Waals surface area (Å²) in [7, 11) is 0. The average molecular weight is 312 g/mol. The number of hydrogen-bond acceptors (Lipinski definition) is 3. The van der Waals surface area contributed by atoms with Gasteiger partial charge in [0, 0.05) is 11.4 Å². The van der Waals surface area contributed by atoms with Crippen molar-refractivity contribution in [2.45, 2.75) is 52.2 Å². The number of pyridine rings is 1. The van der Waals surface area contributed by atoms with E-state index in [2.05, 4.69) is 17.2 Å². The molecule has 1 heterocycles. The predicted octanol–water partition coefficient (Wildman–Crippen LogP) is 3.13. The summed E-state index contributed by atoms with van der Waals surface area (Å²) >= 11 is 0. The van der Waals surface area contributed by atoms with Crippen LogP contribution in [0, 0.1) is 19.8 Å². The SMILES string of the molecule is CC[C@H](NC(=O)c1cc2cccc(C)c2nc1C)C1CC(O)C1. The van der Waals surface area contributed by atoms with Crippen LogP contribution in [-0.4, -0.2) is 28.1 Å². The summed E-state index contributed by atoms with van der Waals surface area (Å²) in [4.78, 5) is 17.3. The molecule has 0 aliphatic heterocycles. The van der Waals surface area contributed by atoms with E-state index in [1.807, 2.05) is 38.1 Å². The van der Waals surface area contributed by atoms with Crippen molar-refractivity contribution in [3.05, 3.63) is 41.1 Å². The van der Waals surface area contributed by atoms with Crippen LogP contribution in [0.3, 0.4) is 0 Å². The Hall–Kier alpha value is -1.94. The fourth-order valence-electron chi connectivity index (χ4n) is 3.43. The minimum absolute atomic E-state index is 0.0633. The summed E-state index contributed by atoms with van der Waals surface area (Å²) in [5.74, 6) is 0.321. The van der Waals surface area contributed by atoms with Gasteiger partial charge in [-0.05, 0) is 50.7 Å². The highest BCUT2D eigenvalue weighted by molar-refractivity contribution is 5.99. The molecule has 0 bridgehead atoms. The molecule has 0 radical (unpaired) electrons. The van der Waals surface area contributed by atoms with E-state index in [0.29, 0.717) is 11.5 Å². The highest BCUT2D eigenvalue weighted by atomic mass is 16.3. The molecule has 1 aromatic carbocycles. The molecular formula is C19H24N2O2. The molecule has 1 amide bonds. The van der Waals surface area contributed by atoms with Crippen molar-refractivity contribution in [3.63, 3.8) is 0 Å². The first-order chi connectivity index (χ1) is 11.0. The Morgan fingerprint density at radius 1 is 1.39 bits per heavy atom. The molecule has 1 aliphatic rings.